The average Bonchev–Trinajstić information content (AvgIpc) is 3.14. The van der Waals surface area contributed by atoms with Crippen LogP contribution in [0.4, 0.5) is 5.69 Å². The summed E-state index contributed by atoms with van der Waals surface area (Å²) in [6.07, 6.45) is 0. The van der Waals surface area contributed by atoms with E-state index in [0.717, 1.165) is 32.6 Å². The van der Waals surface area contributed by atoms with Gasteiger partial charge in [-0.3, -0.25) is 0 Å². The minimum atomic E-state index is 0.243. The number of benzene rings is 3. The number of nitrogens with one attached hydrogen (secondary N) is 1. The van der Waals surface area contributed by atoms with Gasteiger partial charge in [-0.1, -0.05) is 53.7 Å². The molecular weight excluding hydrogens is 326 g/mol. The highest BCUT2D eigenvalue weighted by molar-refractivity contribution is 8.00. The van der Waals surface area contributed by atoms with E-state index in [0.29, 0.717) is 0 Å². The van der Waals surface area contributed by atoms with E-state index in [1.807, 2.05) is 36.0 Å². The first-order valence-corrected chi connectivity index (χ1v) is 8.68. The molecule has 2 heterocycles. The Morgan fingerprint density at radius 2 is 1.74 bits per heavy atom. The summed E-state index contributed by atoms with van der Waals surface area (Å²) in [4.78, 5) is 1.24. The summed E-state index contributed by atoms with van der Waals surface area (Å²) < 4.78 is 5.97. The third-order valence-electron chi connectivity index (χ3n) is 4.17. The van der Waals surface area contributed by atoms with Crippen molar-refractivity contribution in [3.05, 3.63) is 71.2 Å². The molecule has 1 aliphatic rings. The van der Waals surface area contributed by atoms with E-state index in [9.17, 15) is 0 Å². The topological polar surface area (TPSA) is 25.2 Å². The standard InChI is InChI=1S/C19H12ClNOS/c20-12-6-7-16-13(8-12)14-9-18-15(10-17(14)22-16)21-19(23-18)11-4-2-1-3-5-11/h1-10,19,21H. The van der Waals surface area contributed by atoms with E-state index in [2.05, 4.69) is 41.7 Å². The van der Waals surface area contributed by atoms with Crippen molar-refractivity contribution >= 4 is 51.0 Å². The van der Waals surface area contributed by atoms with Crippen LogP contribution >= 0.6 is 23.4 Å². The van der Waals surface area contributed by atoms with Crippen LogP contribution < -0.4 is 5.32 Å². The number of hydrogen-bond donors (Lipinski definition) is 1. The lowest BCUT2D eigenvalue weighted by molar-refractivity contribution is 0.669. The van der Waals surface area contributed by atoms with Crippen molar-refractivity contribution in [2.45, 2.75) is 10.3 Å². The first kappa shape index (κ1) is 13.3. The van der Waals surface area contributed by atoms with Crippen LogP contribution in [0.5, 0.6) is 0 Å². The zero-order chi connectivity index (χ0) is 15.4. The molecule has 5 rings (SSSR count). The summed E-state index contributed by atoms with van der Waals surface area (Å²) in [5, 5.41) is 6.73. The summed E-state index contributed by atoms with van der Waals surface area (Å²) in [6.45, 7) is 0. The number of anilines is 1. The number of thioether (sulfide) groups is 1. The molecule has 0 saturated heterocycles. The van der Waals surface area contributed by atoms with Gasteiger partial charge in [0.15, 0.2) is 0 Å². The monoisotopic (exact) mass is 337 g/mol. The van der Waals surface area contributed by atoms with Crippen molar-refractivity contribution in [2.24, 2.45) is 0 Å². The Kier molecular flexibility index (Phi) is 2.87. The van der Waals surface area contributed by atoms with E-state index in [-0.39, 0.29) is 5.37 Å². The summed E-state index contributed by atoms with van der Waals surface area (Å²) >= 11 is 7.97. The van der Waals surface area contributed by atoms with E-state index in [4.69, 9.17) is 16.0 Å². The molecule has 0 aliphatic carbocycles. The second-order valence-electron chi connectivity index (χ2n) is 5.64. The van der Waals surface area contributed by atoms with Gasteiger partial charge in [-0.05, 0) is 29.8 Å². The fraction of sp³-hybridized carbons (Fsp3) is 0.0526. The van der Waals surface area contributed by atoms with Crippen LogP contribution in [0, 0.1) is 0 Å². The third-order valence-corrected chi connectivity index (χ3v) is 5.62. The van der Waals surface area contributed by atoms with Crippen LogP contribution in [0.1, 0.15) is 10.9 Å². The summed E-state index contributed by atoms with van der Waals surface area (Å²) in [7, 11) is 0. The van der Waals surface area contributed by atoms with E-state index < -0.39 is 0 Å². The Bertz CT molecular complexity index is 1040. The number of hydrogen-bond acceptors (Lipinski definition) is 3. The quantitative estimate of drug-likeness (QED) is 0.431. The smallest absolute Gasteiger partial charge is 0.137 e. The van der Waals surface area contributed by atoms with Crippen LogP contribution in [0.15, 0.2) is 70.0 Å². The minimum Gasteiger partial charge on any atom is -0.456 e. The number of rotatable bonds is 1. The van der Waals surface area contributed by atoms with Crippen LogP contribution in [-0.4, -0.2) is 0 Å². The summed E-state index contributed by atoms with van der Waals surface area (Å²) in [5.74, 6) is 0. The van der Waals surface area contributed by atoms with Gasteiger partial charge in [-0.15, -0.1) is 0 Å². The Labute approximate surface area is 142 Å². The van der Waals surface area contributed by atoms with Gasteiger partial charge in [0.2, 0.25) is 0 Å². The van der Waals surface area contributed by atoms with Gasteiger partial charge in [0, 0.05) is 26.8 Å². The predicted octanol–water partition coefficient (Wildman–Crippen LogP) is 6.46. The van der Waals surface area contributed by atoms with Crippen molar-refractivity contribution in [2.75, 3.05) is 5.32 Å². The Hall–Kier alpha value is -2.10. The summed E-state index contributed by atoms with van der Waals surface area (Å²) in [6, 6.07) is 20.5. The molecule has 0 fully saturated rings. The number of fused-ring (bicyclic) bond motifs is 4. The lowest BCUT2D eigenvalue weighted by Gasteiger charge is -2.09. The molecule has 0 radical (unpaired) electrons. The Morgan fingerprint density at radius 1 is 0.913 bits per heavy atom. The van der Waals surface area contributed by atoms with Gasteiger partial charge in [0.1, 0.15) is 16.5 Å². The zero-order valence-corrected chi connectivity index (χ0v) is 13.6. The second-order valence-corrected chi connectivity index (χ2v) is 7.22. The second kappa shape index (κ2) is 4.95. The zero-order valence-electron chi connectivity index (χ0n) is 12.0. The molecule has 23 heavy (non-hydrogen) atoms. The molecule has 1 N–H and O–H groups in total. The molecule has 0 spiro atoms. The largest absolute Gasteiger partial charge is 0.456 e. The molecule has 112 valence electrons. The highest BCUT2D eigenvalue weighted by Gasteiger charge is 2.24. The van der Waals surface area contributed by atoms with E-state index in [1.165, 1.54) is 10.5 Å². The molecule has 0 amide bonds. The Balaban J connectivity index is 1.64. The summed E-state index contributed by atoms with van der Waals surface area (Å²) in [5.41, 5.74) is 4.17. The molecule has 0 bridgehead atoms. The predicted molar refractivity (Wildman–Crippen MR) is 97.4 cm³/mol. The van der Waals surface area contributed by atoms with Gasteiger partial charge >= 0.3 is 0 Å². The van der Waals surface area contributed by atoms with E-state index in [1.54, 1.807) is 0 Å². The van der Waals surface area contributed by atoms with Crippen LogP contribution in [0.25, 0.3) is 21.9 Å². The van der Waals surface area contributed by atoms with Gasteiger partial charge in [-0.2, -0.15) is 0 Å². The van der Waals surface area contributed by atoms with Crippen LogP contribution in [-0.2, 0) is 0 Å². The van der Waals surface area contributed by atoms with E-state index >= 15 is 0 Å². The molecule has 4 heteroatoms. The lowest BCUT2D eigenvalue weighted by Crippen LogP contribution is -2.00. The first-order chi connectivity index (χ1) is 11.3. The van der Waals surface area contributed by atoms with Gasteiger partial charge in [0.05, 0.1) is 5.69 Å². The fourth-order valence-corrected chi connectivity index (χ4v) is 4.40. The molecule has 0 saturated carbocycles. The van der Waals surface area contributed by atoms with Crippen LogP contribution in [0.3, 0.4) is 0 Å². The maximum atomic E-state index is 6.14. The number of furan rings is 1. The highest BCUT2D eigenvalue weighted by Crippen LogP contribution is 2.49. The highest BCUT2D eigenvalue weighted by atomic mass is 35.5. The fourth-order valence-electron chi connectivity index (χ4n) is 3.06. The molecule has 1 aromatic heterocycles. The minimum absolute atomic E-state index is 0.243. The number of halogens is 1. The average molecular weight is 338 g/mol. The van der Waals surface area contributed by atoms with Gasteiger partial charge < -0.3 is 9.73 Å². The SMILES string of the molecule is Clc1ccc2oc3cc4c(cc3c2c1)SC(c1ccccc1)N4. The van der Waals surface area contributed by atoms with Crippen molar-refractivity contribution in [1.82, 2.24) is 0 Å². The molecule has 1 unspecified atom stereocenters. The van der Waals surface area contributed by atoms with Crippen molar-refractivity contribution in [1.29, 1.82) is 0 Å². The normalized spacial score (nSPS) is 16.7. The third kappa shape index (κ3) is 2.12. The van der Waals surface area contributed by atoms with Crippen molar-refractivity contribution in [3.8, 4) is 0 Å². The van der Waals surface area contributed by atoms with Gasteiger partial charge in [0.25, 0.3) is 0 Å². The van der Waals surface area contributed by atoms with Crippen LogP contribution in [0.2, 0.25) is 5.02 Å². The molecule has 4 aromatic rings. The Morgan fingerprint density at radius 3 is 2.61 bits per heavy atom. The maximum Gasteiger partial charge on any atom is 0.137 e. The molecule has 1 atom stereocenters. The van der Waals surface area contributed by atoms with Crippen molar-refractivity contribution < 1.29 is 4.42 Å². The first-order valence-electron chi connectivity index (χ1n) is 7.42. The van der Waals surface area contributed by atoms with Crippen molar-refractivity contribution in [3.63, 3.8) is 0 Å². The van der Waals surface area contributed by atoms with Gasteiger partial charge in [-0.25, -0.2) is 0 Å². The molecule has 3 aromatic carbocycles. The molecule has 1 aliphatic heterocycles. The molecular formula is C19H12ClNOS. The lowest BCUT2D eigenvalue weighted by atomic mass is 10.1. The maximum absolute atomic E-state index is 6.14. The molecule has 2 nitrogen and oxygen atoms in total.